The summed E-state index contributed by atoms with van der Waals surface area (Å²) >= 11 is 0. The van der Waals surface area contributed by atoms with Gasteiger partial charge in [-0.15, -0.1) is 0 Å². The summed E-state index contributed by atoms with van der Waals surface area (Å²) in [6.07, 6.45) is 10.9. The molecule has 0 N–H and O–H groups in total. The minimum Gasteiger partial charge on any atom is -0.373 e. The Morgan fingerprint density at radius 1 is 0.960 bits per heavy atom. The van der Waals surface area contributed by atoms with Gasteiger partial charge in [0, 0.05) is 6.04 Å². The van der Waals surface area contributed by atoms with Crippen LogP contribution in [-0.4, -0.2) is 35.0 Å². The van der Waals surface area contributed by atoms with Gasteiger partial charge in [0.2, 0.25) is 11.8 Å². The van der Waals surface area contributed by atoms with Crippen molar-refractivity contribution in [3.8, 4) is 0 Å². The SMILES string of the molecule is CC[C@H](N1C(=O)[C@H]2[C@H](C1=O)[C@H]1CC[C@H]2O1)C12CC3CC(CC(C3)C1)C2. The number of hydrogen-bond donors (Lipinski definition) is 0. The van der Waals surface area contributed by atoms with Crippen LogP contribution in [0.25, 0.3) is 0 Å². The van der Waals surface area contributed by atoms with Gasteiger partial charge < -0.3 is 4.74 Å². The molecular formula is C21H29NO3. The Labute approximate surface area is 149 Å². The summed E-state index contributed by atoms with van der Waals surface area (Å²) in [6, 6.07) is 0.144. The molecule has 4 heteroatoms. The van der Waals surface area contributed by atoms with Crippen molar-refractivity contribution in [3.05, 3.63) is 0 Å². The Kier molecular flexibility index (Phi) is 2.96. The number of nitrogens with zero attached hydrogens (tertiary/aromatic N) is 1. The summed E-state index contributed by atoms with van der Waals surface area (Å²) in [5.41, 5.74) is 0.230. The summed E-state index contributed by atoms with van der Waals surface area (Å²) in [7, 11) is 0. The van der Waals surface area contributed by atoms with Crippen LogP contribution >= 0.6 is 0 Å². The van der Waals surface area contributed by atoms with Crippen molar-refractivity contribution >= 4 is 11.8 Å². The Bertz CT molecular complexity index is 580. The van der Waals surface area contributed by atoms with Crippen LogP contribution in [0.4, 0.5) is 0 Å². The molecule has 0 aromatic carbocycles. The lowest BCUT2D eigenvalue weighted by Gasteiger charge is -2.60. The summed E-state index contributed by atoms with van der Waals surface area (Å²) < 4.78 is 5.92. The topological polar surface area (TPSA) is 46.6 Å². The molecule has 0 unspecified atom stereocenters. The predicted octanol–water partition coefficient (Wildman–Crippen LogP) is 3.14. The van der Waals surface area contributed by atoms with Crippen LogP contribution in [0.15, 0.2) is 0 Å². The van der Waals surface area contributed by atoms with Gasteiger partial charge in [0.15, 0.2) is 0 Å². The van der Waals surface area contributed by atoms with Gasteiger partial charge in [-0.05, 0) is 81.0 Å². The van der Waals surface area contributed by atoms with E-state index in [0.29, 0.717) is 0 Å². The number of rotatable bonds is 3. The summed E-state index contributed by atoms with van der Waals surface area (Å²) in [6.45, 7) is 2.20. The molecule has 4 saturated carbocycles. The predicted molar refractivity (Wildman–Crippen MR) is 91.4 cm³/mol. The van der Waals surface area contributed by atoms with Gasteiger partial charge in [0.25, 0.3) is 0 Å². The molecule has 3 heterocycles. The Hall–Kier alpha value is -0.900. The van der Waals surface area contributed by atoms with E-state index in [1.165, 1.54) is 38.5 Å². The molecule has 7 fully saturated rings. The van der Waals surface area contributed by atoms with Crippen molar-refractivity contribution < 1.29 is 14.3 Å². The number of carbonyl (C=O) groups excluding carboxylic acids is 2. The molecule has 3 aliphatic heterocycles. The minimum atomic E-state index is -0.158. The lowest BCUT2D eigenvalue weighted by Crippen LogP contribution is -2.58. The van der Waals surface area contributed by atoms with E-state index in [0.717, 1.165) is 37.0 Å². The molecule has 4 nitrogen and oxygen atoms in total. The fourth-order valence-corrected chi connectivity index (χ4v) is 8.52. The molecule has 3 saturated heterocycles. The van der Waals surface area contributed by atoms with Gasteiger partial charge in [-0.3, -0.25) is 14.5 Å². The van der Waals surface area contributed by atoms with E-state index in [1.54, 1.807) is 4.90 Å². The maximum atomic E-state index is 13.3. The van der Waals surface area contributed by atoms with Crippen LogP contribution in [0.5, 0.6) is 0 Å². The highest BCUT2D eigenvalue weighted by atomic mass is 16.5. The van der Waals surface area contributed by atoms with E-state index in [2.05, 4.69) is 6.92 Å². The standard InChI is InChI=1S/C21H29NO3/c1-2-16(21-8-11-5-12(9-21)7-13(6-11)10-21)22-19(23)17-14-3-4-15(25-14)18(17)20(22)24/h11-18H,2-10H2,1H3/t11?,12?,13?,14-,15-,16+,17-,18-,21?/m1/s1. The lowest BCUT2D eigenvalue weighted by molar-refractivity contribution is -0.157. The highest BCUT2D eigenvalue weighted by Crippen LogP contribution is 2.63. The number of carbonyl (C=O) groups is 2. The van der Waals surface area contributed by atoms with Gasteiger partial charge in [-0.1, -0.05) is 6.92 Å². The molecule has 0 aromatic rings. The van der Waals surface area contributed by atoms with Crippen LogP contribution in [0.1, 0.15) is 64.7 Å². The van der Waals surface area contributed by atoms with Crippen LogP contribution in [0.2, 0.25) is 0 Å². The van der Waals surface area contributed by atoms with E-state index < -0.39 is 0 Å². The van der Waals surface area contributed by atoms with Gasteiger partial charge in [-0.2, -0.15) is 0 Å². The van der Waals surface area contributed by atoms with Gasteiger partial charge >= 0.3 is 0 Å². The zero-order valence-corrected chi connectivity index (χ0v) is 15.2. The van der Waals surface area contributed by atoms with Crippen molar-refractivity contribution in [2.24, 2.45) is 35.0 Å². The van der Waals surface area contributed by atoms with Gasteiger partial charge in [0.1, 0.15) is 0 Å². The molecular weight excluding hydrogens is 314 g/mol. The molecule has 5 atom stereocenters. The Morgan fingerprint density at radius 3 is 1.88 bits per heavy atom. The first-order chi connectivity index (χ1) is 12.1. The third-order valence-electron chi connectivity index (χ3n) is 8.81. The Balaban J connectivity index is 1.36. The molecule has 7 rings (SSSR count). The number of fused-ring (bicyclic) bond motifs is 5. The normalized spacial score (nSPS) is 53.8. The van der Waals surface area contributed by atoms with Crippen LogP contribution in [0.3, 0.4) is 0 Å². The van der Waals surface area contributed by atoms with E-state index in [1.807, 2.05) is 0 Å². The quantitative estimate of drug-likeness (QED) is 0.740. The summed E-state index contributed by atoms with van der Waals surface area (Å²) in [4.78, 5) is 28.4. The number of hydrogen-bond acceptors (Lipinski definition) is 3. The molecule has 0 radical (unpaired) electrons. The van der Waals surface area contributed by atoms with Crippen LogP contribution < -0.4 is 0 Å². The first kappa shape index (κ1) is 15.2. The van der Waals surface area contributed by atoms with Crippen molar-refractivity contribution in [1.29, 1.82) is 0 Å². The van der Waals surface area contributed by atoms with Crippen LogP contribution in [-0.2, 0) is 14.3 Å². The first-order valence-corrected chi connectivity index (χ1v) is 10.6. The molecule has 2 amide bonds. The maximum Gasteiger partial charge on any atom is 0.236 e. The zero-order chi connectivity index (χ0) is 16.9. The van der Waals surface area contributed by atoms with Crippen LogP contribution in [0, 0.1) is 35.0 Å². The van der Waals surface area contributed by atoms with Gasteiger partial charge in [0.05, 0.1) is 24.0 Å². The largest absolute Gasteiger partial charge is 0.373 e. The lowest BCUT2D eigenvalue weighted by atomic mass is 9.47. The van der Waals surface area contributed by atoms with E-state index in [9.17, 15) is 9.59 Å². The smallest absolute Gasteiger partial charge is 0.236 e. The fraction of sp³-hybridized carbons (Fsp3) is 0.905. The van der Waals surface area contributed by atoms with Crippen molar-refractivity contribution in [2.75, 3.05) is 0 Å². The zero-order valence-electron chi connectivity index (χ0n) is 15.2. The molecule has 0 aromatic heterocycles. The number of likely N-dealkylation sites (tertiary alicyclic amines) is 1. The monoisotopic (exact) mass is 343 g/mol. The Morgan fingerprint density at radius 2 is 1.44 bits per heavy atom. The molecule has 0 spiro atoms. The van der Waals surface area contributed by atoms with Gasteiger partial charge in [-0.25, -0.2) is 0 Å². The molecule has 136 valence electrons. The second-order valence-electron chi connectivity index (χ2n) is 10.1. The first-order valence-electron chi connectivity index (χ1n) is 10.6. The third kappa shape index (κ3) is 1.82. The summed E-state index contributed by atoms with van der Waals surface area (Å²) in [5, 5.41) is 0. The summed E-state index contributed by atoms with van der Waals surface area (Å²) in [5.74, 6) is 2.48. The highest BCUT2D eigenvalue weighted by molar-refractivity contribution is 6.06. The number of amides is 2. The maximum absolute atomic E-state index is 13.3. The van der Waals surface area contributed by atoms with E-state index in [-0.39, 0.29) is 47.3 Å². The number of imide groups is 1. The number of ether oxygens (including phenoxy) is 1. The second kappa shape index (κ2) is 4.88. The third-order valence-corrected chi connectivity index (χ3v) is 8.81. The van der Waals surface area contributed by atoms with Crippen molar-refractivity contribution in [3.63, 3.8) is 0 Å². The fourth-order valence-electron chi connectivity index (χ4n) is 8.52. The molecule has 4 aliphatic carbocycles. The molecule has 6 bridgehead atoms. The van der Waals surface area contributed by atoms with E-state index >= 15 is 0 Å². The van der Waals surface area contributed by atoms with E-state index in [4.69, 9.17) is 4.74 Å². The van der Waals surface area contributed by atoms with Crippen molar-refractivity contribution in [2.45, 2.75) is 83.0 Å². The van der Waals surface area contributed by atoms with Crippen molar-refractivity contribution in [1.82, 2.24) is 4.90 Å². The minimum absolute atomic E-state index is 0.0188. The molecule has 7 aliphatic rings. The average molecular weight is 343 g/mol. The highest BCUT2D eigenvalue weighted by Gasteiger charge is 2.65. The second-order valence-corrected chi connectivity index (χ2v) is 10.1. The average Bonchev–Trinajstić information content (AvgIpc) is 3.23. The molecule has 25 heavy (non-hydrogen) atoms.